The van der Waals surface area contributed by atoms with Gasteiger partial charge in [0.1, 0.15) is 23.3 Å². The van der Waals surface area contributed by atoms with E-state index < -0.39 is 0 Å². The molecule has 0 radical (unpaired) electrons. The van der Waals surface area contributed by atoms with Gasteiger partial charge in [-0.3, -0.25) is 0 Å². The van der Waals surface area contributed by atoms with Gasteiger partial charge in [-0.05, 0) is 48.5 Å². The zero-order valence-corrected chi connectivity index (χ0v) is 16.0. The average Bonchev–Trinajstić information content (AvgIpc) is 3.25. The molecule has 0 aliphatic rings. The summed E-state index contributed by atoms with van der Waals surface area (Å²) in [5.74, 6) is 1.74. The molecule has 0 saturated carbocycles. The third-order valence-corrected chi connectivity index (χ3v) is 5.64. The molecule has 0 N–H and O–H groups in total. The second-order valence-corrected chi connectivity index (χ2v) is 7.51. The number of fused-ring (bicyclic) bond motifs is 1. The van der Waals surface area contributed by atoms with Crippen LogP contribution in [0.25, 0.3) is 33.7 Å². The smallest absolute Gasteiger partial charge is 0.262 e. The van der Waals surface area contributed by atoms with Crippen molar-refractivity contribution in [2.75, 3.05) is 19.0 Å². The summed E-state index contributed by atoms with van der Waals surface area (Å²) in [4.78, 5) is 2.09. The first-order valence-corrected chi connectivity index (χ1v) is 9.37. The molecule has 3 nitrogen and oxygen atoms in total. The molecule has 4 rings (SSSR count). The van der Waals surface area contributed by atoms with Gasteiger partial charge in [-0.1, -0.05) is 23.5 Å². The van der Waals surface area contributed by atoms with Crippen LogP contribution in [0.15, 0.2) is 65.1 Å². The highest BCUT2D eigenvalue weighted by Gasteiger charge is 2.13. The minimum Gasteiger partial charge on any atom is -0.457 e. The Bertz CT molecular complexity index is 1070. The minimum atomic E-state index is 0.856. The third-order valence-electron chi connectivity index (χ3n) is 4.46. The molecular weight excluding hydrogens is 340 g/mol. The molecule has 26 heavy (non-hydrogen) atoms. The monoisotopic (exact) mass is 361 g/mol. The van der Waals surface area contributed by atoms with E-state index >= 15 is 0 Å². The summed E-state index contributed by atoms with van der Waals surface area (Å²) in [6.45, 7) is 0. The van der Waals surface area contributed by atoms with Gasteiger partial charge < -0.3 is 9.32 Å². The Balaban J connectivity index is 1.57. The lowest BCUT2D eigenvalue weighted by Gasteiger charge is -2.12. The normalized spacial score (nSPS) is 11.5. The van der Waals surface area contributed by atoms with Crippen molar-refractivity contribution in [2.24, 2.45) is 7.05 Å². The Morgan fingerprint density at radius 1 is 0.923 bits per heavy atom. The zero-order valence-electron chi connectivity index (χ0n) is 15.1. The van der Waals surface area contributed by atoms with Crippen molar-refractivity contribution in [1.29, 1.82) is 0 Å². The highest BCUT2D eigenvalue weighted by molar-refractivity contribution is 7.18. The van der Waals surface area contributed by atoms with Crippen LogP contribution in [0.1, 0.15) is 10.8 Å². The van der Waals surface area contributed by atoms with Crippen LogP contribution < -0.4 is 9.47 Å². The number of rotatable bonds is 4. The van der Waals surface area contributed by atoms with Crippen molar-refractivity contribution in [2.45, 2.75) is 0 Å². The van der Waals surface area contributed by atoms with E-state index in [9.17, 15) is 0 Å². The van der Waals surface area contributed by atoms with Gasteiger partial charge in [-0.15, -0.1) is 0 Å². The number of thiazole rings is 1. The van der Waals surface area contributed by atoms with Crippen LogP contribution in [0.2, 0.25) is 0 Å². The second kappa shape index (κ2) is 6.81. The lowest BCUT2D eigenvalue weighted by molar-refractivity contribution is -0.642. The van der Waals surface area contributed by atoms with Gasteiger partial charge in [0.25, 0.3) is 5.01 Å². The van der Waals surface area contributed by atoms with Gasteiger partial charge in [0, 0.05) is 37.5 Å². The van der Waals surface area contributed by atoms with Gasteiger partial charge in [-0.2, -0.15) is 4.57 Å². The predicted octanol–water partition coefficient (Wildman–Crippen LogP) is 5.22. The maximum atomic E-state index is 6.00. The predicted molar refractivity (Wildman–Crippen MR) is 110 cm³/mol. The molecule has 4 heteroatoms. The number of furan rings is 1. The van der Waals surface area contributed by atoms with Gasteiger partial charge in [-0.25, -0.2) is 0 Å². The summed E-state index contributed by atoms with van der Waals surface area (Å²) in [6.07, 6.45) is 4.14. The number of aromatic nitrogens is 1. The summed E-state index contributed by atoms with van der Waals surface area (Å²) in [5, 5.41) is 1.19. The van der Waals surface area contributed by atoms with Crippen molar-refractivity contribution in [3.63, 3.8) is 0 Å². The molecule has 0 fully saturated rings. The Morgan fingerprint density at radius 2 is 1.69 bits per heavy atom. The van der Waals surface area contributed by atoms with Crippen LogP contribution in [0, 0.1) is 0 Å². The van der Waals surface area contributed by atoms with Crippen molar-refractivity contribution < 1.29 is 8.98 Å². The fraction of sp³-hybridized carbons (Fsp3) is 0.136. The van der Waals surface area contributed by atoms with Crippen molar-refractivity contribution in [1.82, 2.24) is 0 Å². The molecule has 2 heterocycles. The van der Waals surface area contributed by atoms with Crippen LogP contribution in [-0.4, -0.2) is 14.1 Å². The van der Waals surface area contributed by atoms with Crippen molar-refractivity contribution in [3.05, 3.63) is 71.4 Å². The Kier molecular flexibility index (Phi) is 4.35. The first-order valence-electron chi connectivity index (χ1n) is 8.55. The zero-order chi connectivity index (χ0) is 18.1. The van der Waals surface area contributed by atoms with Crippen LogP contribution in [-0.2, 0) is 7.05 Å². The molecule has 0 saturated heterocycles. The van der Waals surface area contributed by atoms with E-state index in [0.717, 1.165) is 17.1 Å². The van der Waals surface area contributed by atoms with Crippen molar-refractivity contribution >= 4 is 39.4 Å². The molecular formula is C22H21N2OS+. The second-order valence-electron chi connectivity index (χ2n) is 6.44. The van der Waals surface area contributed by atoms with Gasteiger partial charge in [0.2, 0.25) is 5.52 Å². The van der Waals surface area contributed by atoms with E-state index in [-0.39, 0.29) is 0 Å². The standard InChI is InChI=1S/C22H21N2OS/c1-23(2)17-10-8-16(9-11-17)20-14-12-18(25-20)13-15-22-24(3)19-6-4-5-7-21(19)26-22/h4-15H,1-3H3/q+1. The first-order chi connectivity index (χ1) is 12.6. The van der Waals surface area contributed by atoms with E-state index in [1.807, 2.05) is 32.3 Å². The van der Waals surface area contributed by atoms with E-state index in [2.05, 4.69) is 71.1 Å². The Labute approximate surface area is 157 Å². The fourth-order valence-corrected chi connectivity index (χ4v) is 3.99. The number of anilines is 1. The van der Waals surface area contributed by atoms with E-state index in [4.69, 9.17) is 4.42 Å². The average molecular weight is 361 g/mol. The fourth-order valence-electron chi connectivity index (χ4n) is 2.94. The van der Waals surface area contributed by atoms with E-state index in [0.29, 0.717) is 0 Å². The molecule has 0 spiro atoms. The topological polar surface area (TPSA) is 20.3 Å². The van der Waals surface area contributed by atoms with Gasteiger partial charge in [0.05, 0.1) is 0 Å². The van der Waals surface area contributed by atoms with Crippen LogP contribution in [0.5, 0.6) is 0 Å². The molecule has 0 unspecified atom stereocenters. The van der Waals surface area contributed by atoms with E-state index in [1.165, 1.54) is 20.9 Å². The Morgan fingerprint density at radius 3 is 2.42 bits per heavy atom. The molecule has 0 amide bonds. The number of para-hydroxylation sites is 1. The quantitative estimate of drug-likeness (QED) is 0.464. The molecule has 2 aromatic carbocycles. The summed E-state index contributed by atoms with van der Waals surface area (Å²) < 4.78 is 9.50. The first kappa shape index (κ1) is 16.6. The lowest BCUT2D eigenvalue weighted by Crippen LogP contribution is -2.28. The molecule has 0 atom stereocenters. The summed E-state index contributed by atoms with van der Waals surface area (Å²) >= 11 is 1.78. The molecule has 0 bridgehead atoms. The van der Waals surface area contributed by atoms with Crippen molar-refractivity contribution in [3.8, 4) is 11.3 Å². The highest BCUT2D eigenvalue weighted by Crippen LogP contribution is 2.26. The highest BCUT2D eigenvalue weighted by atomic mass is 32.1. The number of aryl methyl sites for hydroxylation is 1. The number of hydrogen-bond donors (Lipinski definition) is 0. The molecule has 130 valence electrons. The van der Waals surface area contributed by atoms with E-state index in [1.54, 1.807) is 11.3 Å². The Hall–Kier alpha value is -2.85. The molecule has 0 aliphatic heterocycles. The maximum absolute atomic E-state index is 6.00. The number of benzene rings is 2. The van der Waals surface area contributed by atoms with Gasteiger partial charge >= 0.3 is 0 Å². The van der Waals surface area contributed by atoms with Crippen LogP contribution in [0.3, 0.4) is 0 Å². The minimum absolute atomic E-state index is 0.856. The van der Waals surface area contributed by atoms with Gasteiger partial charge in [0.15, 0.2) is 0 Å². The SMILES string of the molecule is CN(C)c1ccc(-c2ccc(/C=C/c3sc4ccccc4[n+]3C)o2)cc1. The summed E-state index contributed by atoms with van der Waals surface area (Å²) in [7, 11) is 6.18. The maximum Gasteiger partial charge on any atom is 0.262 e. The van der Waals surface area contributed by atoms with Crippen LogP contribution in [0.4, 0.5) is 5.69 Å². The number of nitrogens with zero attached hydrogens (tertiary/aromatic N) is 2. The summed E-state index contributed by atoms with van der Waals surface area (Å²) in [5.41, 5.74) is 3.51. The molecule has 0 aliphatic carbocycles. The van der Waals surface area contributed by atoms with Crippen LogP contribution >= 0.6 is 11.3 Å². The molecule has 2 aromatic heterocycles. The number of hydrogen-bond acceptors (Lipinski definition) is 3. The lowest BCUT2D eigenvalue weighted by atomic mass is 10.1. The summed E-state index contributed by atoms with van der Waals surface area (Å²) in [6, 6.07) is 20.9. The molecule has 4 aromatic rings. The largest absolute Gasteiger partial charge is 0.457 e. The third kappa shape index (κ3) is 3.16.